The van der Waals surface area contributed by atoms with Crippen molar-refractivity contribution in [3.05, 3.63) is 106 Å². The fourth-order valence-electron chi connectivity index (χ4n) is 6.18. The number of fused-ring (bicyclic) bond motifs is 3. The predicted molar refractivity (Wildman–Crippen MR) is 184 cm³/mol. The third-order valence-corrected chi connectivity index (χ3v) is 8.43. The maximum atomic E-state index is 13.5. The van der Waals surface area contributed by atoms with Crippen LogP contribution in [-0.2, 0) is 58.9 Å². The quantitative estimate of drug-likeness (QED) is 0.0800. The lowest BCUT2D eigenvalue weighted by molar-refractivity contribution is -0.274. The molecule has 2 aliphatic rings. The van der Waals surface area contributed by atoms with Crippen LogP contribution in [0.1, 0.15) is 43.4 Å². The molecular formula is C37H38N4O12. The first-order valence-corrected chi connectivity index (χ1v) is 16.7. The molecule has 5 rings (SSSR count). The number of alkyl carbamates (subject to hydrolysis) is 1. The molecule has 0 spiro atoms. The molecule has 1 aliphatic heterocycles. The molecule has 53 heavy (non-hydrogen) atoms. The Kier molecular flexibility index (Phi) is 13.0. The maximum absolute atomic E-state index is 13.5. The average molecular weight is 731 g/mol. The maximum Gasteiger partial charge on any atom is 0.407 e. The second-order valence-electron chi connectivity index (χ2n) is 12.1. The largest absolute Gasteiger partial charge is 0.463 e. The van der Waals surface area contributed by atoms with Gasteiger partial charge in [0, 0.05) is 31.6 Å². The molecule has 1 amide bonds. The molecule has 16 nitrogen and oxygen atoms in total. The van der Waals surface area contributed by atoms with Crippen LogP contribution in [0.5, 0.6) is 0 Å². The van der Waals surface area contributed by atoms with Gasteiger partial charge in [-0.3, -0.25) is 14.4 Å². The highest BCUT2D eigenvalue weighted by atomic mass is 16.7. The number of carbonyl (C=O) groups is 5. The summed E-state index contributed by atoms with van der Waals surface area (Å²) in [6.07, 6.45) is -6.66. The molecule has 0 unspecified atom stereocenters. The molecular weight excluding hydrogens is 692 g/mol. The lowest BCUT2D eigenvalue weighted by Crippen LogP contribution is -2.61. The lowest BCUT2D eigenvalue weighted by atomic mass is 9.96. The Morgan fingerprint density at radius 2 is 1.38 bits per heavy atom. The van der Waals surface area contributed by atoms with Gasteiger partial charge in [-0.05, 0) is 33.3 Å². The molecule has 0 aromatic heterocycles. The molecule has 1 heterocycles. The summed E-state index contributed by atoms with van der Waals surface area (Å²) < 4.78 is 38.9. The van der Waals surface area contributed by atoms with E-state index < -0.39 is 79.9 Å². The fourth-order valence-corrected chi connectivity index (χ4v) is 6.18. The van der Waals surface area contributed by atoms with Crippen LogP contribution in [0.2, 0.25) is 0 Å². The van der Waals surface area contributed by atoms with Gasteiger partial charge in [0.2, 0.25) is 0 Å². The van der Waals surface area contributed by atoms with Crippen LogP contribution < -0.4 is 5.32 Å². The average Bonchev–Trinajstić information content (AvgIpc) is 3.46. The van der Waals surface area contributed by atoms with Crippen molar-refractivity contribution >= 4 is 30.0 Å². The molecule has 1 saturated heterocycles. The Labute approximate surface area is 304 Å². The zero-order valence-corrected chi connectivity index (χ0v) is 29.1. The molecule has 16 heteroatoms. The molecule has 278 valence electrons. The third-order valence-electron chi connectivity index (χ3n) is 8.43. The second-order valence-corrected chi connectivity index (χ2v) is 12.1. The number of hydrogen-bond donors (Lipinski definition) is 1. The molecule has 6 atom stereocenters. The van der Waals surface area contributed by atoms with E-state index in [4.69, 9.17) is 33.2 Å². The summed E-state index contributed by atoms with van der Waals surface area (Å²) in [6, 6.07) is 21.5. The summed E-state index contributed by atoms with van der Waals surface area (Å²) in [4.78, 5) is 65.4. The lowest BCUT2D eigenvalue weighted by Gasteiger charge is -2.43. The van der Waals surface area contributed by atoms with E-state index in [1.54, 1.807) is 30.3 Å². The normalized spacial score (nSPS) is 20.7. The third kappa shape index (κ3) is 9.89. The molecule has 0 saturated carbocycles. The topological polar surface area (TPSA) is 211 Å². The van der Waals surface area contributed by atoms with E-state index in [1.807, 2.05) is 48.5 Å². The molecule has 0 radical (unpaired) electrons. The van der Waals surface area contributed by atoms with Crippen LogP contribution in [0.15, 0.2) is 84.0 Å². The van der Waals surface area contributed by atoms with Crippen molar-refractivity contribution in [3.8, 4) is 11.1 Å². The van der Waals surface area contributed by atoms with E-state index >= 15 is 0 Å². The second kappa shape index (κ2) is 18.0. The van der Waals surface area contributed by atoms with Gasteiger partial charge in [0.15, 0.2) is 24.5 Å². The number of rotatable bonds is 14. The minimum absolute atomic E-state index is 0.0450. The number of nitrogens with one attached hydrogen (secondary N) is 1. The van der Waals surface area contributed by atoms with Gasteiger partial charge in [0.05, 0.1) is 6.61 Å². The molecule has 1 fully saturated rings. The van der Waals surface area contributed by atoms with E-state index in [0.717, 1.165) is 43.0 Å². The van der Waals surface area contributed by atoms with Crippen LogP contribution in [0.3, 0.4) is 0 Å². The number of ether oxygens (including phenoxy) is 7. The number of azide groups is 1. The first kappa shape index (κ1) is 38.3. The monoisotopic (exact) mass is 730 g/mol. The Morgan fingerprint density at radius 1 is 0.774 bits per heavy atom. The molecule has 3 aromatic rings. The highest BCUT2D eigenvalue weighted by molar-refractivity contribution is 5.82. The van der Waals surface area contributed by atoms with Crippen LogP contribution in [0.4, 0.5) is 4.79 Å². The summed E-state index contributed by atoms with van der Waals surface area (Å²) in [7, 11) is 0. The number of esters is 4. The van der Waals surface area contributed by atoms with Gasteiger partial charge in [-0.2, -0.15) is 0 Å². The van der Waals surface area contributed by atoms with Crippen molar-refractivity contribution in [2.24, 2.45) is 5.11 Å². The first-order chi connectivity index (χ1) is 25.5. The highest BCUT2D eigenvalue weighted by Gasteiger charge is 2.51. The van der Waals surface area contributed by atoms with E-state index in [-0.39, 0.29) is 19.1 Å². The first-order valence-electron chi connectivity index (χ1n) is 16.7. The van der Waals surface area contributed by atoms with Gasteiger partial charge >= 0.3 is 30.0 Å². The summed E-state index contributed by atoms with van der Waals surface area (Å²) in [5.41, 5.74) is 14.1. The molecule has 3 aromatic carbocycles. The van der Waals surface area contributed by atoms with Crippen molar-refractivity contribution in [3.63, 3.8) is 0 Å². The van der Waals surface area contributed by atoms with Crippen molar-refractivity contribution < 1.29 is 57.1 Å². The van der Waals surface area contributed by atoms with Crippen LogP contribution in [0.25, 0.3) is 21.6 Å². The van der Waals surface area contributed by atoms with Crippen molar-refractivity contribution in [2.45, 2.75) is 70.0 Å². The van der Waals surface area contributed by atoms with Crippen molar-refractivity contribution in [2.75, 3.05) is 19.8 Å². The van der Waals surface area contributed by atoms with Gasteiger partial charge in [0.25, 0.3) is 0 Å². The molecule has 1 N–H and O–H groups in total. The van der Waals surface area contributed by atoms with Gasteiger partial charge < -0.3 is 38.5 Å². The van der Waals surface area contributed by atoms with Crippen molar-refractivity contribution in [1.29, 1.82) is 0 Å². The van der Waals surface area contributed by atoms with E-state index in [9.17, 15) is 29.5 Å². The van der Waals surface area contributed by atoms with Gasteiger partial charge in [-0.25, -0.2) is 9.59 Å². The van der Waals surface area contributed by atoms with Crippen LogP contribution in [-0.4, -0.2) is 86.5 Å². The Hall–Kier alpha value is -5.96. The molecule has 1 aliphatic carbocycles. The zero-order chi connectivity index (χ0) is 37.9. The van der Waals surface area contributed by atoms with Gasteiger partial charge in [0.1, 0.15) is 32.0 Å². The zero-order valence-electron chi connectivity index (χ0n) is 29.1. The Bertz CT molecular complexity index is 1800. The van der Waals surface area contributed by atoms with Gasteiger partial charge in [-0.1, -0.05) is 84.0 Å². The SMILES string of the molecule is CC(=O)OC[C@H]1O[C@H](OC[C@H](NC(=O)OCC2c3ccccc3-c3ccccc32)C(=O)OCc2ccccc2)[C@H](N=[N+]=[N-])[C@@H](OC(C)=O)[C@H]1OC(C)=O. The van der Waals surface area contributed by atoms with E-state index in [2.05, 4.69) is 15.3 Å². The summed E-state index contributed by atoms with van der Waals surface area (Å²) in [5.74, 6) is -3.47. The van der Waals surface area contributed by atoms with Crippen LogP contribution >= 0.6 is 0 Å². The minimum Gasteiger partial charge on any atom is -0.463 e. The Morgan fingerprint density at radius 3 is 1.98 bits per heavy atom. The standard InChI is InChI=1S/C37H38N4O12/c1-21(42)47-20-31-33(51-22(2)43)34(52-23(3)44)32(40-41-38)36(53-31)49-19-30(35(45)48-17-24-11-5-4-6-12-24)39-37(46)50-18-29-27-15-9-7-13-25(27)26-14-8-10-16-28(26)29/h4-16,29-34,36H,17-20H2,1-3H3,(H,39,46)/t30-,31+,32+,33-,34+,36-/m0/s1. The number of benzene rings is 3. The van der Waals surface area contributed by atoms with Gasteiger partial charge in [-0.15, -0.1) is 0 Å². The fraction of sp³-hybridized carbons (Fsp3) is 0.378. The predicted octanol–water partition coefficient (Wildman–Crippen LogP) is 4.48. The van der Waals surface area contributed by atoms with Crippen LogP contribution in [0, 0.1) is 0 Å². The Balaban J connectivity index is 1.35. The summed E-state index contributed by atoms with van der Waals surface area (Å²) in [5, 5.41) is 6.18. The number of amides is 1. The summed E-state index contributed by atoms with van der Waals surface area (Å²) in [6.45, 7) is 2.05. The number of nitrogens with zero attached hydrogens (tertiary/aromatic N) is 3. The highest BCUT2D eigenvalue weighted by Crippen LogP contribution is 2.44. The summed E-state index contributed by atoms with van der Waals surface area (Å²) >= 11 is 0. The molecule has 0 bridgehead atoms. The smallest absolute Gasteiger partial charge is 0.407 e. The van der Waals surface area contributed by atoms with E-state index in [1.165, 1.54) is 0 Å². The minimum atomic E-state index is -1.57. The number of carbonyl (C=O) groups excluding carboxylic acids is 5. The van der Waals surface area contributed by atoms with Crippen molar-refractivity contribution in [1.82, 2.24) is 5.32 Å². The van der Waals surface area contributed by atoms with E-state index in [0.29, 0.717) is 5.56 Å². The number of hydrogen-bond acceptors (Lipinski definition) is 13.